The highest BCUT2D eigenvalue weighted by atomic mass is 32.2. The minimum atomic E-state index is -3.48. The lowest BCUT2D eigenvalue weighted by Gasteiger charge is -2.18. The Balaban J connectivity index is 1.91. The molecule has 0 bridgehead atoms. The first kappa shape index (κ1) is 19.1. The Hall–Kier alpha value is -2.70. The minimum Gasteiger partial charge on any atom is -0.507 e. The largest absolute Gasteiger partial charge is 0.507 e. The molecule has 3 aromatic rings. The van der Waals surface area contributed by atoms with Crippen molar-refractivity contribution in [2.24, 2.45) is 4.99 Å². The van der Waals surface area contributed by atoms with Crippen LogP contribution in [0.3, 0.4) is 0 Å². The summed E-state index contributed by atoms with van der Waals surface area (Å²) in [4.78, 5) is 4.65. The average molecular weight is 382 g/mol. The van der Waals surface area contributed by atoms with Gasteiger partial charge in [-0.25, -0.2) is 8.42 Å². The zero-order valence-corrected chi connectivity index (χ0v) is 16.1. The lowest BCUT2D eigenvalue weighted by molar-refractivity contribution is 0.445. The summed E-state index contributed by atoms with van der Waals surface area (Å²) in [5, 5.41) is 12.1. The first-order valence-corrected chi connectivity index (χ1v) is 10.3. The Labute approximate surface area is 159 Å². The highest BCUT2D eigenvalue weighted by molar-refractivity contribution is 7.89. The van der Waals surface area contributed by atoms with E-state index in [1.54, 1.807) is 36.5 Å². The maximum Gasteiger partial charge on any atom is 0.243 e. The molecule has 0 aliphatic rings. The summed E-state index contributed by atoms with van der Waals surface area (Å²) in [5.41, 5.74) is 1.24. The fraction of sp³-hybridized carbons (Fsp3) is 0.190. The summed E-state index contributed by atoms with van der Waals surface area (Å²) >= 11 is 0. The number of hydrogen-bond acceptors (Lipinski definition) is 4. The van der Waals surface area contributed by atoms with Crippen molar-refractivity contribution in [3.63, 3.8) is 0 Å². The first-order chi connectivity index (χ1) is 13.0. The summed E-state index contributed by atoms with van der Waals surface area (Å²) in [6.45, 7) is 4.49. The van der Waals surface area contributed by atoms with Gasteiger partial charge >= 0.3 is 0 Å². The van der Waals surface area contributed by atoms with Crippen LogP contribution in [0.25, 0.3) is 10.8 Å². The molecule has 3 rings (SSSR count). The van der Waals surface area contributed by atoms with Crippen LogP contribution in [0.2, 0.25) is 0 Å². The van der Waals surface area contributed by atoms with E-state index in [1.165, 1.54) is 4.31 Å². The van der Waals surface area contributed by atoms with E-state index < -0.39 is 10.0 Å². The number of phenolic OH excluding ortho intramolecular Hbond substituents is 1. The third-order valence-electron chi connectivity index (χ3n) is 4.47. The second-order valence-corrected chi connectivity index (χ2v) is 8.00. The van der Waals surface area contributed by atoms with Crippen LogP contribution in [0, 0.1) is 0 Å². The van der Waals surface area contributed by atoms with Gasteiger partial charge in [0.25, 0.3) is 0 Å². The molecule has 0 spiro atoms. The van der Waals surface area contributed by atoms with Crippen LogP contribution in [0.15, 0.2) is 70.6 Å². The molecule has 0 radical (unpaired) electrons. The zero-order valence-electron chi connectivity index (χ0n) is 15.3. The molecule has 0 saturated heterocycles. The van der Waals surface area contributed by atoms with E-state index in [2.05, 4.69) is 4.99 Å². The molecule has 140 valence electrons. The van der Waals surface area contributed by atoms with E-state index in [0.29, 0.717) is 24.3 Å². The van der Waals surface area contributed by atoms with Crippen molar-refractivity contribution in [3.05, 3.63) is 66.2 Å². The van der Waals surface area contributed by atoms with Crippen LogP contribution in [0.5, 0.6) is 5.75 Å². The van der Waals surface area contributed by atoms with Gasteiger partial charge in [-0.3, -0.25) is 4.99 Å². The first-order valence-electron chi connectivity index (χ1n) is 8.82. The van der Waals surface area contributed by atoms with Gasteiger partial charge in [0.05, 0.1) is 10.6 Å². The molecule has 3 aromatic carbocycles. The van der Waals surface area contributed by atoms with Gasteiger partial charge in [0, 0.05) is 24.9 Å². The van der Waals surface area contributed by atoms with Crippen molar-refractivity contribution in [3.8, 4) is 5.75 Å². The van der Waals surface area contributed by atoms with Gasteiger partial charge in [-0.05, 0) is 41.1 Å². The number of nitrogens with zero attached hydrogens (tertiary/aromatic N) is 2. The summed E-state index contributed by atoms with van der Waals surface area (Å²) < 4.78 is 26.5. The van der Waals surface area contributed by atoms with Crippen LogP contribution >= 0.6 is 0 Å². The van der Waals surface area contributed by atoms with Crippen LogP contribution in [0.4, 0.5) is 5.69 Å². The number of rotatable bonds is 6. The average Bonchev–Trinajstić information content (AvgIpc) is 2.68. The van der Waals surface area contributed by atoms with Crippen molar-refractivity contribution >= 4 is 32.7 Å². The van der Waals surface area contributed by atoms with Crippen molar-refractivity contribution in [1.29, 1.82) is 0 Å². The number of phenols is 1. The molecule has 5 nitrogen and oxygen atoms in total. The lowest BCUT2D eigenvalue weighted by atomic mass is 10.0. The Morgan fingerprint density at radius 3 is 2.30 bits per heavy atom. The molecular weight excluding hydrogens is 360 g/mol. The zero-order chi connectivity index (χ0) is 19.4. The summed E-state index contributed by atoms with van der Waals surface area (Å²) in [6, 6.07) is 17.7. The third-order valence-corrected chi connectivity index (χ3v) is 6.53. The van der Waals surface area contributed by atoms with Gasteiger partial charge in [0.15, 0.2) is 0 Å². The maximum atomic E-state index is 12.5. The SMILES string of the molecule is CCN(CC)S(=O)(=O)c1ccc(N=Cc2c(O)ccc3ccccc23)cc1. The van der Waals surface area contributed by atoms with Gasteiger partial charge in [-0.2, -0.15) is 4.31 Å². The molecule has 0 amide bonds. The van der Waals surface area contributed by atoms with Crippen LogP contribution < -0.4 is 0 Å². The number of aromatic hydroxyl groups is 1. The summed E-state index contributed by atoms with van der Waals surface area (Å²) in [5.74, 6) is 0.151. The van der Waals surface area contributed by atoms with E-state index >= 15 is 0 Å². The van der Waals surface area contributed by atoms with E-state index in [9.17, 15) is 13.5 Å². The second-order valence-electron chi connectivity index (χ2n) is 6.06. The van der Waals surface area contributed by atoms with Crippen molar-refractivity contribution < 1.29 is 13.5 Å². The Morgan fingerprint density at radius 2 is 1.63 bits per heavy atom. The van der Waals surface area contributed by atoms with Crippen molar-refractivity contribution in [2.75, 3.05) is 13.1 Å². The number of fused-ring (bicyclic) bond motifs is 1. The van der Waals surface area contributed by atoms with Gasteiger partial charge in [0.1, 0.15) is 5.75 Å². The Morgan fingerprint density at radius 1 is 0.963 bits per heavy atom. The van der Waals surface area contributed by atoms with Crippen LogP contribution in [0.1, 0.15) is 19.4 Å². The smallest absolute Gasteiger partial charge is 0.243 e. The van der Waals surface area contributed by atoms with E-state index in [-0.39, 0.29) is 10.6 Å². The minimum absolute atomic E-state index is 0.151. The molecular formula is C21H22N2O3S. The Bertz CT molecular complexity index is 1070. The molecule has 27 heavy (non-hydrogen) atoms. The predicted octanol–water partition coefficient (Wildman–Crippen LogP) is 4.33. The topological polar surface area (TPSA) is 70.0 Å². The lowest BCUT2D eigenvalue weighted by Crippen LogP contribution is -2.30. The highest BCUT2D eigenvalue weighted by Gasteiger charge is 2.21. The quantitative estimate of drug-likeness (QED) is 0.645. The van der Waals surface area contributed by atoms with Gasteiger partial charge in [-0.1, -0.05) is 44.2 Å². The molecule has 6 heteroatoms. The van der Waals surface area contributed by atoms with E-state index in [1.807, 2.05) is 44.2 Å². The molecule has 0 atom stereocenters. The number of hydrogen-bond donors (Lipinski definition) is 1. The molecule has 0 saturated carbocycles. The third kappa shape index (κ3) is 3.86. The van der Waals surface area contributed by atoms with Gasteiger partial charge < -0.3 is 5.11 Å². The normalized spacial score (nSPS) is 12.3. The number of aliphatic imine (C=N–C) groups is 1. The molecule has 0 aliphatic heterocycles. The maximum absolute atomic E-state index is 12.5. The predicted molar refractivity (Wildman–Crippen MR) is 109 cm³/mol. The van der Waals surface area contributed by atoms with Crippen molar-refractivity contribution in [2.45, 2.75) is 18.7 Å². The van der Waals surface area contributed by atoms with Crippen LogP contribution in [-0.4, -0.2) is 37.1 Å². The molecule has 0 aromatic heterocycles. The van der Waals surface area contributed by atoms with Gasteiger partial charge in [0.2, 0.25) is 10.0 Å². The van der Waals surface area contributed by atoms with Crippen LogP contribution in [-0.2, 0) is 10.0 Å². The molecule has 0 fully saturated rings. The van der Waals surface area contributed by atoms with Crippen molar-refractivity contribution in [1.82, 2.24) is 4.31 Å². The highest BCUT2D eigenvalue weighted by Crippen LogP contribution is 2.26. The fourth-order valence-corrected chi connectivity index (χ4v) is 4.43. The van der Waals surface area contributed by atoms with E-state index in [0.717, 1.165) is 10.8 Å². The number of sulfonamides is 1. The Kier molecular flexibility index (Phi) is 5.58. The number of benzene rings is 3. The molecule has 1 N–H and O–H groups in total. The van der Waals surface area contributed by atoms with E-state index in [4.69, 9.17) is 0 Å². The molecule has 0 heterocycles. The second kappa shape index (κ2) is 7.90. The fourth-order valence-electron chi connectivity index (χ4n) is 2.98. The van der Waals surface area contributed by atoms with Gasteiger partial charge in [-0.15, -0.1) is 0 Å². The summed E-state index contributed by atoms with van der Waals surface area (Å²) in [6.07, 6.45) is 1.60. The standard InChI is InChI=1S/C21H22N2O3S/c1-3-23(4-2)27(25,26)18-12-10-17(11-13-18)22-15-20-19-8-6-5-7-16(19)9-14-21(20)24/h5-15,24H,3-4H2,1-2H3. The molecule has 0 unspecified atom stereocenters. The monoisotopic (exact) mass is 382 g/mol. The molecule has 0 aliphatic carbocycles. The summed E-state index contributed by atoms with van der Waals surface area (Å²) in [7, 11) is -3.48.